The van der Waals surface area contributed by atoms with Gasteiger partial charge in [-0.3, -0.25) is 0 Å². The maximum Gasteiger partial charge on any atom is 0.160 e. The Balaban J connectivity index is 0.924. The Morgan fingerprint density at radius 1 is 0.889 bits per heavy atom. The molecule has 0 amide bonds. The van der Waals surface area contributed by atoms with Crippen LogP contribution in [-0.4, -0.2) is 32.7 Å². The van der Waals surface area contributed by atoms with Gasteiger partial charge in [0.05, 0.1) is 13.2 Å². The smallest absolute Gasteiger partial charge is 0.160 e. The molecular formula is C24H40O3. The lowest BCUT2D eigenvalue weighted by Crippen LogP contribution is -2.38. The number of hydrogen-bond donors (Lipinski definition) is 0. The van der Waals surface area contributed by atoms with Gasteiger partial charge in [0.2, 0.25) is 0 Å². The standard InChI is InChI=1S/C24H40O3/c1-23-7-5-17(10-20(23)12-23)14-25-9-3-4-18-15-26-22(27-16-18)19-6-8-24(2)13-21(24)11-19/h17-22H,3-16H2,1-2H3. The highest BCUT2D eigenvalue weighted by Gasteiger charge is 2.54. The van der Waals surface area contributed by atoms with Gasteiger partial charge in [0.15, 0.2) is 6.29 Å². The molecule has 0 radical (unpaired) electrons. The fourth-order valence-corrected chi connectivity index (χ4v) is 6.53. The van der Waals surface area contributed by atoms with E-state index in [0.29, 0.717) is 17.3 Å². The average molecular weight is 377 g/mol. The van der Waals surface area contributed by atoms with Crippen LogP contribution < -0.4 is 0 Å². The van der Waals surface area contributed by atoms with Gasteiger partial charge in [-0.05, 0) is 92.8 Å². The highest BCUT2D eigenvalue weighted by Crippen LogP contribution is 2.63. The summed E-state index contributed by atoms with van der Waals surface area (Å²) in [5.74, 6) is 4.02. The predicted molar refractivity (Wildman–Crippen MR) is 106 cm³/mol. The van der Waals surface area contributed by atoms with Crippen molar-refractivity contribution >= 4 is 0 Å². The van der Waals surface area contributed by atoms with E-state index in [0.717, 1.165) is 56.0 Å². The van der Waals surface area contributed by atoms with E-state index in [9.17, 15) is 0 Å². The van der Waals surface area contributed by atoms with Gasteiger partial charge in [-0.25, -0.2) is 0 Å². The average Bonchev–Trinajstić information content (AvgIpc) is 3.54. The van der Waals surface area contributed by atoms with Gasteiger partial charge in [0.25, 0.3) is 0 Å². The molecule has 154 valence electrons. The number of hydrogen-bond acceptors (Lipinski definition) is 3. The van der Waals surface area contributed by atoms with Crippen LogP contribution in [0.5, 0.6) is 0 Å². The van der Waals surface area contributed by atoms with Gasteiger partial charge in [0, 0.05) is 25.0 Å². The number of rotatable bonds is 7. The summed E-state index contributed by atoms with van der Waals surface area (Å²) in [6.07, 6.45) is 13.6. The van der Waals surface area contributed by atoms with E-state index < -0.39 is 0 Å². The van der Waals surface area contributed by atoms with Gasteiger partial charge in [-0.1, -0.05) is 13.8 Å². The van der Waals surface area contributed by atoms with Crippen LogP contribution in [0.25, 0.3) is 0 Å². The highest BCUT2D eigenvalue weighted by molar-refractivity contribution is 5.03. The van der Waals surface area contributed by atoms with E-state index in [2.05, 4.69) is 13.8 Å². The second-order valence-electron chi connectivity index (χ2n) is 11.4. The van der Waals surface area contributed by atoms with Crippen LogP contribution in [0.1, 0.15) is 78.1 Å². The van der Waals surface area contributed by atoms with Crippen molar-refractivity contribution in [2.45, 2.75) is 84.3 Å². The highest BCUT2D eigenvalue weighted by atomic mass is 16.7. The van der Waals surface area contributed by atoms with E-state index in [1.54, 1.807) is 0 Å². The molecule has 0 aromatic carbocycles. The van der Waals surface area contributed by atoms with Crippen molar-refractivity contribution in [3.63, 3.8) is 0 Å². The Hall–Kier alpha value is -0.120. The van der Waals surface area contributed by atoms with Crippen molar-refractivity contribution in [1.29, 1.82) is 0 Å². The second kappa shape index (κ2) is 7.29. The molecule has 5 rings (SSSR count). The molecule has 0 bridgehead atoms. The maximum atomic E-state index is 6.14. The molecule has 4 aliphatic carbocycles. The Labute approximate surface area is 165 Å². The van der Waals surface area contributed by atoms with Gasteiger partial charge in [-0.2, -0.15) is 0 Å². The first-order valence-electron chi connectivity index (χ1n) is 11.8. The van der Waals surface area contributed by atoms with Crippen LogP contribution in [0, 0.1) is 40.4 Å². The molecule has 0 spiro atoms. The van der Waals surface area contributed by atoms with E-state index in [4.69, 9.17) is 14.2 Å². The molecule has 0 aromatic rings. The Morgan fingerprint density at radius 2 is 1.59 bits per heavy atom. The molecule has 4 saturated carbocycles. The zero-order chi connectivity index (χ0) is 18.5. The molecule has 3 heteroatoms. The van der Waals surface area contributed by atoms with Gasteiger partial charge < -0.3 is 14.2 Å². The second-order valence-corrected chi connectivity index (χ2v) is 11.4. The van der Waals surface area contributed by atoms with Crippen LogP contribution in [0.3, 0.4) is 0 Å². The van der Waals surface area contributed by atoms with Crippen LogP contribution in [0.4, 0.5) is 0 Å². The van der Waals surface area contributed by atoms with Gasteiger partial charge >= 0.3 is 0 Å². The molecule has 1 heterocycles. The van der Waals surface area contributed by atoms with Crippen molar-refractivity contribution in [2.75, 3.05) is 26.4 Å². The fraction of sp³-hybridized carbons (Fsp3) is 1.00. The van der Waals surface area contributed by atoms with E-state index >= 15 is 0 Å². The molecule has 5 fully saturated rings. The van der Waals surface area contributed by atoms with E-state index in [1.807, 2.05) is 0 Å². The molecule has 5 aliphatic rings. The minimum atomic E-state index is 0.0852. The molecule has 27 heavy (non-hydrogen) atoms. The minimum Gasteiger partial charge on any atom is -0.381 e. The van der Waals surface area contributed by atoms with E-state index in [-0.39, 0.29) is 6.29 Å². The van der Waals surface area contributed by atoms with Gasteiger partial charge in [-0.15, -0.1) is 0 Å². The molecular weight excluding hydrogens is 336 g/mol. The van der Waals surface area contributed by atoms with Crippen molar-refractivity contribution < 1.29 is 14.2 Å². The topological polar surface area (TPSA) is 27.7 Å². The summed E-state index contributed by atoms with van der Waals surface area (Å²) < 4.78 is 18.3. The molecule has 6 unspecified atom stereocenters. The zero-order valence-electron chi connectivity index (χ0n) is 17.6. The normalized spacial score (nSPS) is 51.3. The Bertz CT molecular complexity index is 528. The minimum absolute atomic E-state index is 0.0852. The third-order valence-corrected chi connectivity index (χ3v) is 9.12. The number of fused-ring (bicyclic) bond motifs is 2. The zero-order valence-corrected chi connectivity index (χ0v) is 17.6. The van der Waals surface area contributed by atoms with Crippen molar-refractivity contribution in [1.82, 2.24) is 0 Å². The SMILES string of the molecule is CC12CCC(COCCCC3COC(C4CCC5(C)CC5C4)OC3)CC1C2. The molecule has 1 saturated heterocycles. The summed E-state index contributed by atoms with van der Waals surface area (Å²) in [6, 6.07) is 0. The summed E-state index contributed by atoms with van der Waals surface area (Å²) >= 11 is 0. The lowest BCUT2D eigenvalue weighted by Gasteiger charge is -2.37. The summed E-state index contributed by atoms with van der Waals surface area (Å²) in [5, 5.41) is 0. The largest absolute Gasteiger partial charge is 0.381 e. The summed E-state index contributed by atoms with van der Waals surface area (Å²) in [4.78, 5) is 0. The van der Waals surface area contributed by atoms with Crippen LogP contribution in [0.2, 0.25) is 0 Å². The van der Waals surface area contributed by atoms with Crippen LogP contribution >= 0.6 is 0 Å². The van der Waals surface area contributed by atoms with Crippen molar-refractivity contribution in [2.24, 2.45) is 40.4 Å². The van der Waals surface area contributed by atoms with Crippen LogP contribution in [0.15, 0.2) is 0 Å². The van der Waals surface area contributed by atoms with Crippen molar-refractivity contribution in [3.05, 3.63) is 0 Å². The Morgan fingerprint density at radius 3 is 2.30 bits per heavy atom. The molecule has 3 nitrogen and oxygen atoms in total. The summed E-state index contributed by atoms with van der Waals surface area (Å²) in [7, 11) is 0. The Kier molecular flexibility index (Phi) is 5.10. The van der Waals surface area contributed by atoms with Crippen LogP contribution in [-0.2, 0) is 14.2 Å². The fourth-order valence-electron chi connectivity index (χ4n) is 6.53. The third-order valence-electron chi connectivity index (χ3n) is 9.12. The monoisotopic (exact) mass is 376 g/mol. The molecule has 0 N–H and O–H groups in total. The first-order valence-corrected chi connectivity index (χ1v) is 11.8. The van der Waals surface area contributed by atoms with Crippen molar-refractivity contribution in [3.8, 4) is 0 Å². The first kappa shape index (κ1) is 18.9. The molecule has 6 atom stereocenters. The lowest BCUT2D eigenvalue weighted by molar-refractivity contribution is -0.230. The summed E-state index contributed by atoms with van der Waals surface area (Å²) in [5.41, 5.74) is 1.41. The third kappa shape index (κ3) is 4.12. The lowest BCUT2D eigenvalue weighted by atomic mass is 9.82. The first-order chi connectivity index (χ1) is 13.0. The number of ether oxygens (including phenoxy) is 3. The molecule has 1 aliphatic heterocycles. The maximum absolute atomic E-state index is 6.14. The summed E-state index contributed by atoms with van der Waals surface area (Å²) in [6.45, 7) is 8.64. The van der Waals surface area contributed by atoms with E-state index in [1.165, 1.54) is 57.8 Å². The molecule has 0 aromatic heterocycles. The quantitative estimate of drug-likeness (QED) is 0.555. The van der Waals surface area contributed by atoms with Gasteiger partial charge in [0.1, 0.15) is 0 Å². The predicted octanol–water partition coefficient (Wildman–Crippen LogP) is 5.42.